The van der Waals surface area contributed by atoms with E-state index >= 15 is 0 Å². The number of hydrazone groups is 1. The Morgan fingerprint density at radius 1 is 1.07 bits per heavy atom. The number of hydrogen-bond donors (Lipinski definition) is 2. The highest BCUT2D eigenvalue weighted by molar-refractivity contribution is 5.89. The molecule has 0 aliphatic carbocycles. The second-order valence-electron chi connectivity index (χ2n) is 6.88. The number of methoxy groups -OCH3 is 1. The lowest BCUT2D eigenvalue weighted by Gasteiger charge is -2.13. The summed E-state index contributed by atoms with van der Waals surface area (Å²) in [5.41, 5.74) is 7.94. The van der Waals surface area contributed by atoms with Gasteiger partial charge in [0.05, 0.1) is 24.6 Å². The van der Waals surface area contributed by atoms with Crippen LogP contribution in [0.4, 0.5) is 5.69 Å². The molecule has 6 nitrogen and oxygen atoms in total. The summed E-state index contributed by atoms with van der Waals surface area (Å²) in [4.78, 5) is 11.0. The molecular formula is C24H24N2O4. The maximum absolute atomic E-state index is 11.0. The molecule has 0 fully saturated rings. The molecule has 154 valence electrons. The second-order valence-corrected chi connectivity index (χ2v) is 6.88. The van der Waals surface area contributed by atoms with E-state index < -0.39 is 5.97 Å². The Morgan fingerprint density at radius 3 is 2.67 bits per heavy atom. The highest BCUT2D eigenvalue weighted by Crippen LogP contribution is 2.29. The highest BCUT2D eigenvalue weighted by atomic mass is 16.5. The number of carbonyl (C=O) groups is 1. The summed E-state index contributed by atoms with van der Waals surface area (Å²) >= 11 is 0. The summed E-state index contributed by atoms with van der Waals surface area (Å²) in [5.74, 6) is 0.276. The minimum Gasteiger partial charge on any atom is -0.493 e. The number of carboxylic acids is 1. The molecule has 0 saturated carbocycles. The largest absolute Gasteiger partial charge is 0.493 e. The van der Waals surface area contributed by atoms with Crippen LogP contribution < -0.4 is 14.9 Å². The molecule has 0 radical (unpaired) electrons. The van der Waals surface area contributed by atoms with E-state index in [1.807, 2.05) is 18.2 Å². The van der Waals surface area contributed by atoms with Crippen molar-refractivity contribution in [2.75, 3.05) is 12.5 Å². The summed E-state index contributed by atoms with van der Waals surface area (Å²) in [6.07, 6.45) is 1.63. The zero-order valence-corrected chi connectivity index (χ0v) is 17.2. The van der Waals surface area contributed by atoms with E-state index in [1.165, 1.54) is 23.3 Å². The molecule has 0 amide bonds. The quantitative estimate of drug-likeness (QED) is 0.406. The van der Waals surface area contributed by atoms with E-state index in [9.17, 15) is 4.79 Å². The molecular weight excluding hydrogens is 380 g/mol. The molecule has 0 aliphatic heterocycles. The number of nitrogens with zero attached hydrogens (tertiary/aromatic N) is 1. The van der Waals surface area contributed by atoms with Crippen LogP contribution in [0.15, 0.2) is 65.8 Å². The lowest BCUT2D eigenvalue weighted by atomic mass is 10.1. The minimum atomic E-state index is -0.983. The van der Waals surface area contributed by atoms with Gasteiger partial charge in [-0.05, 0) is 66.9 Å². The van der Waals surface area contributed by atoms with Crippen LogP contribution in [0.1, 0.15) is 32.6 Å². The number of ether oxygens (including phenoxy) is 2. The predicted octanol–water partition coefficient (Wildman–Crippen LogP) is 5.04. The van der Waals surface area contributed by atoms with Gasteiger partial charge in [-0.15, -0.1) is 0 Å². The molecule has 2 N–H and O–H groups in total. The maximum Gasteiger partial charge on any atom is 0.335 e. The first kappa shape index (κ1) is 20.9. The first-order valence-corrected chi connectivity index (χ1v) is 9.45. The van der Waals surface area contributed by atoms with E-state index in [2.05, 4.69) is 42.6 Å². The molecule has 0 heterocycles. The van der Waals surface area contributed by atoms with Gasteiger partial charge >= 0.3 is 5.97 Å². The number of anilines is 1. The van der Waals surface area contributed by atoms with Gasteiger partial charge in [-0.25, -0.2) is 4.79 Å². The Labute approximate surface area is 175 Å². The first-order chi connectivity index (χ1) is 14.5. The summed E-state index contributed by atoms with van der Waals surface area (Å²) in [6, 6.07) is 18.3. The normalized spacial score (nSPS) is 10.8. The van der Waals surface area contributed by atoms with E-state index in [-0.39, 0.29) is 5.56 Å². The Balaban J connectivity index is 1.67. The predicted molar refractivity (Wildman–Crippen MR) is 118 cm³/mol. The zero-order valence-electron chi connectivity index (χ0n) is 17.2. The molecule has 30 heavy (non-hydrogen) atoms. The van der Waals surface area contributed by atoms with Gasteiger partial charge in [0.2, 0.25) is 0 Å². The van der Waals surface area contributed by atoms with Crippen molar-refractivity contribution >= 4 is 17.9 Å². The van der Waals surface area contributed by atoms with E-state index in [0.29, 0.717) is 23.8 Å². The van der Waals surface area contributed by atoms with Crippen LogP contribution in [0.2, 0.25) is 0 Å². The van der Waals surface area contributed by atoms with Gasteiger partial charge in [0.15, 0.2) is 11.5 Å². The van der Waals surface area contributed by atoms with Crippen molar-refractivity contribution in [2.24, 2.45) is 5.10 Å². The molecule has 3 aromatic carbocycles. The molecule has 0 atom stereocenters. The van der Waals surface area contributed by atoms with E-state index in [0.717, 1.165) is 11.1 Å². The van der Waals surface area contributed by atoms with Gasteiger partial charge in [0.1, 0.15) is 6.61 Å². The van der Waals surface area contributed by atoms with Crippen LogP contribution in [0, 0.1) is 13.8 Å². The summed E-state index contributed by atoms with van der Waals surface area (Å²) in [7, 11) is 1.59. The van der Waals surface area contributed by atoms with Gasteiger partial charge in [-0.2, -0.15) is 5.10 Å². The fourth-order valence-electron chi connectivity index (χ4n) is 2.90. The smallest absolute Gasteiger partial charge is 0.335 e. The topological polar surface area (TPSA) is 80.2 Å². The zero-order chi connectivity index (χ0) is 21.5. The fraction of sp³-hybridized carbons (Fsp3) is 0.167. The summed E-state index contributed by atoms with van der Waals surface area (Å²) in [5, 5.41) is 13.2. The van der Waals surface area contributed by atoms with Crippen molar-refractivity contribution in [3.63, 3.8) is 0 Å². The number of benzene rings is 3. The standard InChI is InChI=1S/C24H24N2O4/c1-16-7-8-17(2)20(11-16)15-30-22-10-9-18(12-23(22)29-3)14-25-26-21-6-4-5-19(13-21)24(27)28/h4-14,26H,15H2,1-3H3,(H,27,28)/b25-14+. The number of carboxylic acid groups (broad SMARTS) is 1. The van der Waals surface area contributed by atoms with E-state index in [4.69, 9.17) is 14.6 Å². The molecule has 6 heteroatoms. The monoisotopic (exact) mass is 404 g/mol. The number of rotatable bonds is 8. The number of aromatic carboxylic acids is 1. The average molecular weight is 404 g/mol. The fourth-order valence-corrected chi connectivity index (χ4v) is 2.90. The molecule has 3 rings (SSSR count). The van der Waals surface area contributed by atoms with Crippen molar-refractivity contribution in [3.05, 3.63) is 88.5 Å². The number of hydrogen-bond acceptors (Lipinski definition) is 5. The van der Waals surface area contributed by atoms with Crippen LogP contribution >= 0.6 is 0 Å². The Hall–Kier alpha value is -3.80. The molecule has 0 saturated heterocycles. The van der Waals surface area contributed by atoms with Crippen molar-refractivity contribution in [1.82, 2.24) is 0 Å². The molecule has 0 spiro atoms. The van der Waals surface area contributed by atoms with Gasteiger partial charge in [0.25, 0.3) is 0 Å². The molecule has 0 aliphatic rings. The Morgan fingerprint density at radius 2 is 1.90 bits per heavy atom. The van der Waals surface area contributed by atoms with Crippen molar-refractivity contribution in [2.45, 2.75) is 20.5 Å². The van der Waals surface area contributed by atoms with Crippen molar-refractivity contribution < 1.29 is 19.4 Å². The summed E-state index contributed by atoms with van der Waals surface area (Å²) in [6.45, 7) is 4.58. The SMILES string of the molecule is COc1cc(/C=N/Nc2cccc(C(=O)O)c2)ccc1OCc1cc(C)ccc1C. The number of aryl methyl sites for hydroxylation is 2. The highest BCUT2D eigenvalue weighted by Gasteiger charge is 2.07. The summed E-state index contributed by atoms with van der Waals surface area (Å²) < 4.78 is 11.4. The number of nitrogens with one attached hydrogen (secondary N) is 1. The van der Waals surface area contributed by atoms with Crippen LogP contribution in [-0.4, -0.2) is 24.4 Å². The Bertz CT molecular complexity index is 1080. The van der Waals surface area contributed by atoms with E-state index in [1.54, 1.807) is 25.5 Å². The third-order valence-corrected chi connectivity index (χ3v) is 4.59. The molecule has 0 aromatic heterocycles. The molecule has 3 aromatic rings. The second kappa shape index (κ2) is 9.60. The van der Waals surface area contributed by atoms with Crippen molar-refractivity contribution in [1.29, 1.82) is 0 Å². The van der Waals surface area contributed by atoms with Gasteiger partial charge in [-0.3, -0.25) is 5.43 Å². The molecule has 0 bridgehead atoms. The molecule has 0 unspecified atom stereocenters. The van der Waals surface area contributed by atoms with Crippen LogP contribution in [-0.2, 0) is 6.61 Å². The van der Waals surface area contributed by atoms with Gasteiger partial charge < -0.3 is 14.6 Å². The van der Waals surface area contributed by atoms with Crippen LogP contribution in [0.25, 0.3) is 0 Å². The van der Waals surface area contributed by atoms with Gasteiger partial charge in [0, 0.05) is 0 Å². The third-order valence-electron chi connectivity index (χ3n) is 4.59. The lowest BCUT2D eigenvalue weighted by molar-refractivity contribution is 0.0697. The third kappa shape index (κ3) is 5.38. The average Bonchev–Trinajstić information content (AvgIpc) is 2.75. The van der Waals surface area contributed by atoms with Crippen LogP contribution in [0.3, 0.4) is 0 Å². The maximum atomic E-state index is 11.0. The first-order valence-electron chi connectivity index (χ1n) is 9.45. The van der Waals surface area contributed by atoms with Crippen LogP contribution in [0.5, 0.6) is 11.5 Å². The lowest BCUT2D eigenvalue weighted by Crippen LogP contribution is -2.01. The van der Waals surface area contributed by atoms with Gasteiger partial charge in [-0.1, -0.05) is 29.8 Å². The van der Waals surface area contributed by atoms with Crippen molar-refractivity contribution in [3.8, 4) is 11.5 Å². The minimum absolute atomic E-state index is 0.196. The Kier molecular flexibility index (Phi) is 6.70.